The third-order valence-electron chi connectivity index (χ3n) is 2.60. The van der Waals surface area contributed by atoms with Gasteiger partial charge in [-0.1, -0.05) is 23.2 Å². The summed E-state index contributed by atoms with van der Waals surface area (Å²) in [5, 5.41) is 7.64. The molecule has 6 heteroatoms. The van der Waals surface area contributed by atoms with Gasteiger partial charge in [-0.15, -0.1) is 0 Å². The molecular weight excluding hydrogens is 327 g/mol. The van der Waals surface area contributed by atoms with Crippen molar-refractivity contribution in [1.29, 1.82) is 0 Å². The van der Waals surface area contributed by atoms with Crippen LogP contribution in [0.25, 0.3) is 0 Å². The minimum atomic E-state index is 0.448. The summed E-state index contributed by atoms with van der Waals surface area (Å²) in [6.45, 7) is 2.59. The Labute approximate surface area is 139 Å². The summed E-state index contributed by atoms with van der Waals surface area (Å²) in [5.41, 5.74) is 1.56. The van der Waals surface area contributed by atoms with Gasteiger partial charge < -0.3 is 15.4 Å². The molecule has 2 aromatic rings. The molecule has 2 rings (SSSR count). The summed E-state index contributed by atoms with van der Waals surface area (Å²) in [5.74, 6) is 0.822. The van der Waals surface area contributed by atoms with Crippen LogP contribution in [0.1, 0.15) is 6.92 Å². The second-order valence-electron chi connectivity index (χ2n) is 4.16. The van der Waals surface area contributed by atoms with Crippen molar-refractivity contribution in [2.45, 2.75) is 6.92 Å². The lowest BCUT2D eigenvalue weighted by Gasteiger charge is -2.12. The predicted molar refractivity (Wildman–Crippen MR) is 93.9 cm³/mol. The number of hydrogen-bond acceptors (Lipinski definition) is 2. The Morgan fingerprint density at radius 3 is 2.43 bits per heavy atom. The fourth-order valence-corrected chi connectivity index (χ4v) is 2.36. The topological polar surface area (TPSA) is 33.3 Å². The summed E-state index contributed by atoms with van der Waals surface area (Å²) < 4.78 is 5.38. The zero-order valence-electron chi connectivity index (χ0n) is 11.3. The molecule has 21 heavy (non-hydrogen) atoms. The standard InChI is InChI=1S/C15H14Cl2N2OS/c1-2-20-12-6-4-11(5-7-12)18-15(21)19-14-8-3-10(16)9-13(14)17/h3-9H,2H2,1H3,(H2,18,19,21). The lowest BCUT2D eigenvalue weighted by atomic mass is 10.3. The fraction of sp³-hybridized carbons (Fsp3) is 0.133. The highest BCUT2D eigenvalue weighted by Gasteiger charge is 2.04. The van der Waals surface area contributed by atoms with Crippen molar-refractivity contribution in [2.75, 3.05) is 17.2 Å². The number of hydrogen-bond donors (Lipinski definition) is 2. The van der Waals surface area contributed by atoms with Gasteiger partial charge in [0.2, 0.25) is 0 Å². The van der Waals surface area contributed by atoms with Crippen LogP contribution in [-0.4, -0.2) is 11.7 Å². The number of anilines is 2. The highest BCUT2D eigenvalue weighted by molar-refractivity contribution is 7.80. The Morgan fingerprint density at radius 1 is 1.10 bits per heavy atom. The summed E-state index contributed by atoms with van der Waals surface area (Å²) in [6.07, 6.45) is 0. The van der Waals surface area contributed by atoms with E-state index in [1.54, 1.807) is 18.2 Å². The number of halogens is 2. The maximum absolute atomic E-state index is 6.08. The molecule has 0 heterocycles. The van der Waals surface area contributed by atoms with Crippen LogP contribution in [0.4, 0.5) is 11.4 Å². The van der Waals surface area contributed by atoms with Gasteiger partial charge in [-0.25, -0.2) is 0 Å². The van der Waals surface area contributed by atoms with Crippen LogP contribution in [0, 0.1) is 0 Å². The zero-order chi connectivity index (χ0) is 15.2. The number of ether oxygens (including phenoxy) is 1. The van der Waals surface area contributed by atoms with E-state index in [1.807, 2.05) is 31.2 Å². The minimum Gasteiger partial charge on any atom is -0.494 e. The van der Waals surface area contributed by atoms with Crippen LogP contribution in [0.3, 0.4) is 0 Å². The molecule has 0 aliphatic heterocycles. The average Bonchev–Trinajstić information content (AvgIpc) is 2.44. The Hall–Kier alpha value is -1.49. The van der Waals surface area contributed by atoms with Crippen molar-refractivity contribution < 1.29 is 4.74 Å². The molecule has 0 atom stereocenters. The summed E-state index contributed by atoms with van der Waals surface area (Å²) in [4.78, 5) is 0. The van der Waals surface area contributed by atoms with Crippen LogP contribution in [0.5, 0.6) is 5.75 Å². The Bertz CT molecular complexity index is 632. The Balaban J connectivity index is 1.98. The molecule has 3 nitrogen and oxygen atoms in total. The maximum atomic E-state index is 6.08. The molecule has 110 valence electrons. The van der Waals surface area contributed by atoms with E-state index in [1.165, 1.54) is 0 Å². The first-order valence-corrected chi connectivity index (χ1v) is 7.51. The number of thiocarbonyl (C=S) groups is 1. The average molecular weight is 341 g/mol. The van der Waals surface area contributed by atoms with Crippen molar-refractivity contribution in [2.24, 2.45) is 0 Å². The molecule has 2 aromatic carbocycles. The van der Waals surface area contributed by atoms with Crippen LogP contribution in [-0.2, 0) is 0 Å². The molecule has 0 bridgehead atoms. The van der Waals surface area contributed by atoms with Crippen molar-refractivity contribution >= 4 is 51.9 Å². The molecular formula is C15H14Cl2N2OS. The summed E-state index contributed by atoms with van der Waals surface area (Å²) in [6, 6.07) is 12.7. The smallest absolute Gasteiger partial charge is 0.175 e. The van der Waals surface area contributed by atoms with Gasteiger partial charge in [0, 0.05) is 10.7 Å². The molecule has 0 unspecified atom stereocenters. The predicted octanol–water partition coefficient (Wildman–Crippen LogP) is 5.20. The molecule has 0 radical (unpaired) electrons. The molecule has 0 aliphatic carbocycles. The van der Waals surface area contributed by atoms with Gasteiger partial charge in [-0.2, -0.15) is 0 Å². The van der Waals surface area contributed by atoms with E-state index in [0.29, 0.717) is 27.5 Å². The number of rotatable bonds is 4. The van der Waals surface area contributed by atoms with E-state index < -0.39 is 0 Å². The van der Waals surface area contributed by atoms with E-state index in [0.717, 1.165) is 11.4 Å². The summed E-state index contributed by atoms with van der Waals surface area (Å²) in [7, 11) is 0. The van der Waals surface area contributed by atoms with Crippen molar-refractivity contribution in [3.63, 3.8) is 0 Å². The molecule has 0 aromatic heterocycles. The lowest BCUT2D eigenvalue weighted by Crippen LogP contribution is -2.19. The molecule has 0 spiro atoms. The van der Waals surface area contributed by atoms with Gasteiger partial charge in [0.15, 0.2) is 5.11 Å². The Kier molecular flexibility index (Phi) is 5.67. The largest absolute Gasteiger partial charge is 0.494 e. The SMILES string of the molecule is CCOc1ccc(NC(=S)Nc2ccc(Cl)cc2Cl)cc1. The van der Waals surface area contributed by atoms with E-state index in [4.69, 9.17) is 40.2 Å². The quantitative estimate of drug-likeness (QED) is 0.749. The second kappa shape index (κ2) is 7.50. The number of nitrogens with one attached hydrogen (secondary N) is 2. The molecule has 0 saturated carbocycles. The first-order valence-electron chi connectivity index (χ1n) is 6.34. The maximum Gasteiger partial charge on any atom is 0.175 e. The molecule has 0 amide bonds. The highest BCUT2D eigenvalue weighted by Crippen LogP contribution is 2.25. The third kappa shape index (κ3) is 4.77. The first kappa shape index (κ1) is 15.9. The van der Waals surface area contributed by atoms with Crippen molar-refractivity contribution in [3.05, 3.63) is 52.5 Å². The zero-order valence-corrected chi connectivity index (χ0v) is 13.6. The fourth-order valence-electron chi connectivity index (χ4n) is 1.68. The molecule has 2 N–H and O–H groups in total. The Morgan fingerprint density at radius 2 is 1.81 bits per heavy atom. The highest BCUT2D eigenvalue weighted by atomic mass is 35.5. The third-order valence-corrected chi connectivity index (χ3v) is 3.35. The van der Waals surface area contributed by atoms with Crippen molar-refractivity contribution in [3.8, 4) is 5.75 Å². The van der Waals surface area contributed by atoms with Gasteiger partial charge in [0.05, 0.1) is 17.3 Å². The molecule has 0 saturated heterocycles. The minimum absolute atomic E-state index is 0.448. The van der Waals surface area contributed by atoms with Gasteiger partial charge in [0.25, 0.3) is 0 Å². The number of benzene rings is 2. The summed E-state index contributed by atoms with van der Waals surface area (Å²) >= 11 is 17.2. The monoisotopic (exact) mass is 340 g/mol. The van der Waals surface area contributed by atoms with Gasteiger partial charge >= 0.3 is 0 Å². The molecule has 0 fully saturated rings. The van der Waals surface area contributed by atoms with Crippen LogP contribution < -0.4 is 15.4 Å². The van der Waals surface area contributed by atoms with Gasteiger partial charge in [-0.3, -0.25) is 0 Å². The van der Waals surface area contributed by atoms with Crippen LogP contribution >= 0.6 is 35.4 Å². The van der Waals surface area contributed by atoms with Gasteiger partial charge in [0.1, 0.15) is 5.75 Å². The molecule has 0 aliphatic rings. The first-order chi connectivity index (χ1) is 10.1. The lowest BCUT2D eigenvalue weighted by molar-refractivity contribution is 0.340. The van der Waals surface area contributed by atoms with Crippen molar-refractivity contribution in [1.82, 2.24) is 0 Å². The normalized spacial score (nSPS) is 10.0. The van der Waals surface area contributed by atoms with E-state index in [9.17, 15) is 0 Å². The van der Waals surface area contributed by atoms with E-state index in [2.05, 4.69) is 10.6 Å². The second-order valence-corrected chi connectivity index (χ2v) is 5.41. The van der Waals surface area contributed by atoms with Crippen LogP contribution in [0.15, 0.2) is 42.5 Å². The van der Waals surface area contributed by atoms with Gasteiger partial charge in [-0.05, 0) is 61.6 Å². The van der Waals surface area contributed by atoms with Crippen LogP contribution in [0.2, 0.25) is 10.0 Å². The van der Waals surface area contributed by atoms with E-state index in [-0.39, 0.29) is 0 Å². The van der Waals surface area contributed by atoms with E-state index >= 15 is 0 Å².